The van der Waals surface area contributed by atoms with Crippen LogP contribution in [0.1, 0.15) is 15.9 Å². The molecule has 0 atom stereocenters. The van der Waals surface area contributed by atoms with Crippen LogP contribution >= 0.6 is 0 Å². The lowest BCUT2D eigenvalue weighted by Gasteiger charge is -2.10. The first-order valence-corrected chi connectivity index (χ1v) is 6.17. The maximum absolute atomic E-state index is 12.2. The number of aryl methyl sites for hydroxylation is 1. The second-order valence-electron chi connectivity index (χ2n) is 4.44. The molecule has 0 amide bonds. The van der Waals surface area contributed by atoms with Crippen LogP contribution in [0.25, 0.3) is 11.1 Å². The number of hydrogen-bond donors (Lipinski definition) is 0. The molecule has 0 aliphatic rings. The fraction of sp³-hybridized carbons (Fsp3) is 0.188. The van der Waals surface area contributed by atoms with Crippen LogP contribution in [-0.4, -0.2) is 19.3 Å². The second kappa shape index (κ2) is 6.28. The Hall–Kier alpha value is -2.23. The van der Waals surface area contributed by atoms with Gasteiger partial charge in [-0.3, -0.25) is 4.79 Å². The van der Waals surface area contributed by atoms with Gasteiger partial charge in [-0.25, -0.2) is 8.78 Å². The molecular weight excluding hydrogens is 262 g/mol. The third-order valence-corrected chi connectivity index (χ3v) is 2.86. The van der Waals surface area contributed by atoms with E-state index in [9.17, 15) is 13.6 Å². The van der Waals surface area contributed by atoms with Gasteiger partial charge < -0.3 is 4.74 Å². The van der Waals surface area contributed by atoms with Crippen LogP contribution in [0.5, 0.6) is 5.75 Å². The molecule has 104 valence electrons. The lowest BCUT2D eigenvalue weighted by Crippen LogP contribution is -2.08. The van der Waals surface area contributed by atoms with E-state index in [2.05, 4.69) is 0 Å². The minimum Gasteiger partial charge on any atom is -0.487 e. The normalized spacial score (nSPS) is 10.6. The molecule has 0 bridgehead atoms. The summed E-state index contributed by atoms with van der Waals surface area (Å²) < 4.78 is 29.4. The minimum atomic E-state index is -2.57. The van der Waals surface area contributed by atoms with Gasteiger partial charge in [0.15, 0.2) is 6.29 Å². The standard InChI is InChI=1S/C16H14F2O2/c1-11-3-2-4-12(7-11)13-5-6-14(9-19)15(8-13)20-10-16(17)18/h2-9,16H,10H2,1H3. The van der Waals surface area contributed by atoms with Gasteiger partial charge in [0, 0.05) is 0 Å². The van der Waals surface area contributed by atoms with Crippen molar-refractivity contribution in [2.24, 2.45) is 0 Å². The quantitative estimate of drug-likeness (QED) is 0.768. The van der Waals surface area contributed by atoms with Gasteiger partial charge in [0.1, 0.15) is 12.4 Å². The highest BCUT2D eigenvalue weighted by molar-refractivity contribution is 5.82. The van der Waals surface area contributed by atoms with Gasteiger partial charge in [0.2, 0.25) is 0 Å². The van der Waals surface area contributed by atoms with E-state index in [1.54, 1.807) is 18.2 Å². The van der Waals surface area contributed by atoms with Gasteiger partial charge in [-0.1, -0.05) is 35.9 Å². The molecule has 0 saturated carbocycles. The number of benzene rings is 2. The fourth-order valence-corrected chi connectivity index (χ4v) is 1.91. The number of alkyl halides is 2. The molecule has 0 saturated heterocycles. The third kappa shape index (κ3) is 3.41. The maximum Gasteiger partial charge on any atom is 0.272 e. The van der Waals surface area contributed by atoms with Crippen molar-refractivity contribution in [1.29, 1.82) is 0 Å². The molecule has 0 heterocycles. The summed E-state index contributed by atoms with van der Waals surface area (Å²) in [6.07, 6.45) is -1.97. The average Bonchev–Trinajstić information content (AvgIpc) is 2.44. The number of rotatable bonds is 5. The Kier molecular flexibility index (Phi) is 4.45. The molecule has 2 aromatic carbocycles. The minimum absolute atomic E-state index is 0.180. The number of hydrogen-bond acceptors (Lipinski definition) is 2. The summed E-state index contributed by atoms with van der Waals surface area (Å²) in [7, 11) is 0. The van der Waals surface area contributed by atoms with Crippen LogP contribution < -0.4 is 4.74 Å². The van der Waals surface area contributed by atoms with Crippen molar-refractivity contribution in [3.63, 3.8) is 0 Å². The number of aldehydes is 1. The van der Waals surface area contributed by atoms with Gasteiger partial charge >= 0.3 is 0 Å². The maximum atomic E-state index is 12.2. The van der Waals surface area contributed by atoms with Gasteiger partial charge in [-0.15, -0.1) is 0 Å². The zero-order chi connectivity index (χ0) is 14.5. The molecule has 0 aliphatic heterocycles. The summed E-state index contributed by atoms with van der Waals surface area (Å²) in [6, 6.07) is 12.7. The largest absolute Gasteiger partial charge is 0.487 e. The number of carbonyl (C=O) groups is 1. The van der Waals surface area contributed by atoms with Crippen LogP contribution in [0.15, 0.2) is 42.5 Å². The smallest absolute Gasteiger partial charge is 0.272 e. The van der Waals surface area contributed by atoms with E-state index >= 15 is 0 Å². The second-order valence-corrected chi connectivity index (χ2v) is 4.44. The lowest BCUT2D eigenvalue weighted by atomic mass is 10.0. The Bertz CT molecular complexity index is 609. The van der Waals surface area contributed by atoms with Gasteiger partial charge in [-0.05, 0) is 30.2 Å². The molecule has 0 aromatic heterocycles. The van der Waals surface area contributed by atoms with Crippen LogP contribution in [0.2, 0.25) is 0 Å². The van der Waals surface area contributed by atoms with Gasteiger partial charge in [0.25, 0.3) is 6.43 Å². The topological polar surface area (TPSA) is 26.3 Å². The molecule has 20 heavy (non-hydrogen) atoms. The molecule has 0 N–H and O–H groups in total. The van der Waals surface area contributed by atoms with Crippen molar-refractivity contribution < 1.29 is 18.3 Å². The molecule has 0 fully saturated rings. The van der Waals surface area contributed by atoms with Crippen molar-refractivity contribution in [3.8, 4) is 16.9 Å². The van der Waals surface area contributed by atoms with Crippen LogP contribution in [-0.2, 0) is 0 Å². The number of ether oxygens (including phenoxy) is 1. The van der Waals surface area contributed by atoms with Crippen molar-refractivity contribution in [3.05, 3.63) is 53.6 Å². The first-order chi connectivity index (χ1) is 9.60. The highest BCUT2D eigenvalue weighted by atomic mass is 19.3. The lowest BCUT2D eigenvalue weighted by molar-refractivity contribution is 0.0809. The summed E-state index contributed by atoms with van der Waals surface area (Å²) in [4.78, 5) is 10.9. The summed E-state index contributed by atoms with van der Waals surface area (Å²) in [6.45, 7) is 1.25. The van der Waals surface area contributed by atoms with E-state index in [4.69, 9.17) is 4.74 Å². The Labute approximate surface area is 116 Å². The molecular formula is C16H14F2O2. The van der Waals surface area contributed by atoms with Gasteiger partial charge in [0.05, 0.1) is 5.56 Å². The summed E-state index contributed by atoms with van der Waals surface area (Å²) in [5.74, 6) is 0.180. The zero-order valence-electron chi connectivity index (χ0n) is 11.0. The monoisotopic (exact) mass is 276 g/mol. The molecule has 2 rings (SSSR count). The average molecular weight is 276 g/mol. The number of halogens is 2. The zero-order valence-corrected chi connectivity index (χ0v) is 11.0. The molecule has 0 spiro atoms. The molecule has 0 unspecified atom stereocenters. The Balaban J connectivity index is 2.36. The molecule has 0 aliphatic carbocycles. The van der Waals surface area contributed by atoms with E-state index in [1.165, 1.54) is 0 Å². The van der Waals surface area contributed by atoms with Crippen LogP contribution in [0.4, 0.5) is 8.78 Å². The highest BCUT2D eigenvalue weighted by Gasteiger charge is 2.09. The van der Waals surface area contributed by atoms with Crippen molar-refractivity contribution in [1.82, 2.24) is 0 Å². The van der Waals surface area contributed by atoms with E-state index in [-0.39, 0.29) is 11.3 Å². The Morgan fingerprint density at radius 2 is 1.90 bits per heavy atom. The van der Waals surface area contributed by atoms with Crippen molar-refractivity contribution in [2.45, 2.75) is 13.3 Å². The highest BCUT2D eigenvalue weighted by Crippen LogP contribution is 2.27. The van der Waals surface area contributed by atoms with Crippen molar-refractivity contribution >= 4 is 6.29 Å². The Morgan fingerprint density at radius 1 is 1.15 bits per heavy atom. The van der Waals surface area contributed by atoms with Gasteiger partial charge in [-0.2, -0.15) is 0 Å². The van der Waals surface area contributed by atoms with Crippen LogP contribution in [0, 0.1) is 6.92 Å². The van der Waals surface area contributed by atoms with Crippen molar-refractivity contribution in [2.75, 3.05) is 6.61 Å². The first-order valence-electron chi connectivity index (χ1n) is 6.17. The van der Waals surface area contributed by atoms with E-state index in [0.29, 0.717) is 6.29 Å². The first kappa shape index (κ1) is 14.2. The van der Waals surface area contributed by atoms with E-state index in [0.717, 1.165) is 16.7 Å². The Morgan fingerprint density at radius 3 is 2.55 bits per heavy atom. The summed E-state index contributed by atoms with van der Waals surface area (Å²) >= 11 is 0. The third-order valence-electron chi connectivity index (χ3n) is 2.86. The molecule has 0 radical (unpaired) electrons. The number of carbonyl (C=O) groups excluding carboxylic acids is 1. The summed E-state index contributed by atoms with van der Waals surface area (Å²) in [5.41, 5.74) is 3.13. The predicted molar refractivity (Wildman–Crippen MR) is 73.5 cm³/mol. The predicted octanol–water partition coefficient (Wildman–Crippen LogP) is 4.12. The SMILES string of the molecule is Cc1cccc(-c2ccc(C=O)c(OCC(F)F)c2)c1. The molecule has 4 heteroatoms. The van der Waals surface area contributed by atoms with E-state index in [1.807, 2.05) is 31.2 Å². The van der Waals surface area contributed by atoms with E-state index < -0.39 is 13.0 Å². The van der Waals surface area contributed by atoms with Crippen LogP contribution in [0.3, 0.4) is 0 Å². The molecule has 2 aromatic rings. The molecule has 2 nitrogen and oxygen atoms in total. The fourth-order valence-electron chi connectivity index (χ4n) is 1.91. The summed E-state index contributed by atoms with van der Waals surface area (Å²) in [5, 5.41) is 0.